The first-order valence-corrected chi connectivity index (χ1v) is 12.3. The molecule has 188 valence electrons. The van der Waals surface area contributed by atoms with E-state index in [9.17, 15) is 18.4 Å². The smallest absolute Gasteiger partial charge is 0.270 e. The van der Waals surface area contributed by atoms with Gasteiger partial charge in [0.1, 0.15) is 17.5 Å². The van der Waals surface area contributed by atoms with Crippen molar-refractivity contribution in [2.45, 2.75) is 65.2 Å². The van der Waals surface area contributed by atoms with E-state index in [0.717, 1.165) is 29.2 Å². The summed E-state index contributed by atoms with van der Waals surface area (Å²) in [7, 11) is 0. The van der Waals surface area contributed by atoms with E-state index >= 15 is 0 Å². The first-order chi connectivity index (χ1) is 16.9. The van der Waals surface area contributed by atoms with Gasteiger partial charge in [-0.15, -0.1) is 5.92 Å². The van der Waals surface area contributed by atoms with E-state index in [1.807, 2.05) is 30.9 Å². The van der Waals surface area contributed by atoms with Gasteiger partial charge in [0.05, 0.1) is 11.4 Å². The fourth-order valence-electron chi connectivity index (χ4n) is 5.78. The second-order valence-electron chi connectivity index (χ2n) is 10.4. The van der Waals surface area contributed by atoms with E-state index in [1.54, 1.807) is 6.92 Å². The number of hydrogen-bond donors (Lipinski definition) is 0. The lowest BCUT2D eigenvalue weighted by Gasteiger charge is -2.45. The van der Waals surface area contributed by atoms with Crippen LogP contribution >= 0.6 is 0 Å². The summed E-state index contributed by atoms with van der Waals surface area (Å²) < 4.78 is 27.5. The lowest BCUT2D eigenvalue weighted by atomic mass is 9.62. The molecule has 0 N–H and O–H groups in total. The average Bonchev–Trinajstić information content (AvgIpc) is 2.80. The number of aryl methyl sites for hydroxylation is 2. The maximum Gasteiger partial charge on any atom is 0.270 e. The predicted molar refractivity (Wildman–Crippen MR) is 137 cm³/mol. The number of nitrogens with zero attached hydrogens (tertiary/aromatic N) is 2. The number of alkyl halides is 2. The highest BCUT2D eigenvalue weighted by Gasteiger charge is 2.47. The summed E-state index contributed by atoms with van der Waals surface area (Å²) in [6.07, 6.45) is 3.46. The van der Waals surface area contributed by atoms with Crippen LogP contribution < -0.4 is 0 Å². The van der Waals surface area contributed by atoms with Gasteiger partial charge < -0.3 is 4.90 Å². The van der Waals surface area contributed by atoms with Crippen molar-refractivity contribution < 1.29 is 18.4 Å². The fourth-order valence-corrected chi connectivity index (χ4v) is 5.78. The quantitative estimate of drug-likeness (QED) is 0.393. The third-order valence-electron chi connectivity index (χ3n) is 7.66. The Kier molecular flexibility index (Phi) is 6.88. The topological polar surface area (TPSA) is 50.3 Å². The first-order valence-electron chi connectivity index (χ1n) is 12.3. The molecule has 0 bridgehead atoms. The molecule has 4 nitrogen and oxygen atoms in total. The molecule has 2 aromatic rings. The lowest BCUT2D eigenvalue weighted by Crippen LogP contribution is -2.46. The summed E-state index contributed by atoms with van der Waals surface area (Å²) in [5.74, 6) is 2.25. The van der Waals surface area contributed by atoms with Crippen molar-refractivity contribution in [2.24, 2.45) is 5.41 Å². The van der Waals surface area contributed by atoms with E-state index in [0.29, 0.717) is 50.2 Å². The summed E-state index contributed by atoms with van der Waals surface area (Å²) in [4.78, 5) is 33.1. The van der Waals surface area contributed by atoms with Crippen LogP contribution in [-0.2, 0) is 15.5 Å². The summed E-state index contributed by atoms with van der Waals surface area (Å²) in [6.45, 7) is 11.8. The number of benzene rings is 1. The van der Waals surface area contributed by atoms with E-state index in [-0.39, 0.29) is 22.5 Å². The maximum atomic E-state index is 13.8. The second-order valence-corrected chi connectivity index (χ2v) is 10.4. The van der Waals surface area contributed by atoms with Crippen molar-refractivity contribution in [3.05, 3.63) is 70.6 Å². The molecule has 1 aliphatic heterocycles. The number of piperidine rings is 1. The van der Waals surface area contributed by atoms with Crippen LogP contribution in [0.2, 0.25) is 0 Å². The molecule has 0 unspecified atom stereocenters. The Labute approximate surface area is 211 Å². The molecule has 2 fully saturated rings. The Morgan fingerprint density at radius 2 is 1.69 bits per heavy atom. The van der Waals surface area contributed by atoms with Crippen molar-refractivity contribution in [2.75, 3.05) is 13.1 Å². The molecule has 0 radical (unpaired) electrons. The Hall–Kier alpha value is -3.33. The minimum Gasteiger partial charge on any atom is -0.370 e. The van der Waals surface area contributed by atoms with Crippen LogP contribution in [0.15, 0.2) is 37.0 Å². The molecule has 2 aliphatic rings. The van der Waals surface area contributed by atoms with E-state index in [2.05, 4.69) is 23.4 Å². The summed E-state index contributed by atoms with van der Waals surface area (Å²) in [5, 5.41) is 0. The second kappa shape index (κ2) is 9.61. The van der Waals surface area contributed by atoms with E-state index in [1.165, 1.54) is 18.3 Å². The molecule has 6 heteroatoms. The summed E-state index contributed by atoms with van der Waals surface area (Å²) in [6, 6.07) is 6.59. The minimum atomic E-state index is -2.95. The molecule has 4 rings (SSSR count). The number of ketones is 2. The molecular formula is C30H32F2N2O2. The number of Topliss-reactive ketones (excluding diaryl/α,β-unsaturated/α-hetero) is 2. The fraction of sp³-hybridized carbons (Fsp3) is 0.433. The largest absolute Gasteiger partial charge is 0.370 e. The van der Waals surface area contributed by atoms with Crippen LogP contribution in [0.5, 0.6) is 0 Å². The van der Waals surface area contributed by atoms with Gasteiger partial charge in [-0.05, 0) is 80.0 Å². The highest BCUT2D eigenvalue weighted by Crippen LogP contribution is 2.47. The van der Waals surface area contributed by atoms with Crippen molar-refractivity contribution in [1.29, 1.82) is 0 Å². The van der Waals surface area contributed by atoms with Gasteiger partial charge in [0.2, 0.25) is 0 Å². The maximum absolute atomic E-state index is 13.8. The molecule has 1 aromatic heterocycles. The third kappa shape index (κ3) is 4.97. The molecule has 0 atom stereocenters. The molecule has 1 saturated heterocycles. The number of hydrogen-bond acceptors (Lipinski definition) is 4. The molecule has 1 aromatic carbocycles. The van der Waals surface area contributed by atoms with Gasteiger partial charge in [0.15, 0.2) is 0 Å². The molecule has 36 heavy (non-hydrogen) atoms. The predicted octanol–water partition coefficient (Wildman–Crippen LogP) is 5.95. The van der Waals surface area contributed by atoms with Crippen LogP contribution in [0.25, 0.3) is 5.70 Å². The lowest BCUT2D eigenvalue weighted by molar-refractivity contribution is -0.138. The zero-order valence-corrected chi connectivity index (χ0v) is 21.4. The molecule has 2 heterocycles. The average molecular weight is 491 g/mol. The number of aromatic nitrogens is 1. The first kappa shape index (κ1) is 25.8. The number of halogens is 2. The Morgan fingerprint density at radius 1 is 1.11 bits per heavy atom. The van der Waals surface area contributed by atoms with Gasteiger partial charge in [0.25, 0.3) is 5.92 Å². The van der Waals surface area contributed by atoms with Gasteiger partial charge in [-0.2, -0.15) is 0 Å². The number of pyridine rings is 1. The summed E-state index contributed by atoms with van der Waals surface area (Å²) in [5.41, 5.74) is 4.11. The van der Waals surface area contributed by atoms with E-state index in [4.69, 9.17) is 0 Å². The molecule has 1 saturated carbocycles. The molecule has 0 amide bonds. The molecular weight excluding hydrogens is 458 g/mol. The number of rotatable bonds is 4. The van der Waals surface area contributed by atoms with Crippen LogP contribution in [-0.4, -0.2) is 34.5 Å². The normalized spacial score (nSPS) is 18.2. The van der Waals surface area contributed by atoms with Crippen molar-refractivity contribution in [3.8, 4) is 11.8 Å². The molecule has 1 aliphatic carbocycles. The van der Waals surface area contributed by atoms with Gasteiger partial charge in [-0.25, -0.2) is 8.78 Å². The SMILES string of the molecule is C=C(c1cc(C(C)(F)F)ccn1)N1CCC2(CC1)CC(=O)C(c1c(C)cc(C#CC)cc1C)C(=O)C2. The standard InChI is InChI=1S/C30H32F2N2O2/c1-6-7-22-14-19(2)27(20(3)15-22)28-25(35)17-30(18-26(28)36)9-12-34(13-10-30)21(4)24-16-23(8-11-33-24)29(5,31)32/h8,11,14-16,28H,4,9-10,12-13,17-18H2,1-3,5H3. The van der Waals surface area contributed by atoms with Gasteiger partial charge in [0, 0.05) is 50.2 Å². The van der Waals surface area contributed by atoms with Gasteiger partial charge in [-0.1, -0.05) is 12.5 Å². The van der Waals surface area contributed by atoms with Crippen molar-refractivity contribution in [1.82, 2.24) is 9.88 Å². The monoisotopic (exact) mass is 490 g/mol. The van der Waals surface area contributed by atoms with Crippen LogP contribution in [0, 0.1) is 31.1 Å². The van der Waals surface area contributed by atoms with Gasteiger partial charge in [-0.3, -0.25) is 14.6 Å². The van der Waals surface area contributed by atoms with Crippen molar-refractivity contribution in [3.63, 3.8) is 0 Å². The van der Waals surface area contributed by atoms with E-state index < -0.39 is 11.8 Å². The van der Waals surface area contributed by atoms with Crippen LogP contribution in [0.1, 0.15) is 79.0 Å². The zero-order chi connectivity index (χ0) is 26.3. The third-order valence-corrected chi connectivity index (χ3v) is 7.66. The minimum absolute atomic E-state index is 0.0152. The highest BCUT2D eigenvalue weighted by molar-refractivity contribution is 6.10. The van der Waals surface area contributed by atoms with Gasteiger partial charge >= 0.3 is 0 Å². The Balaban J connectivity index is 1.48. The number of carbonyl (C=O) groups excluding carboxylic acids is 2. The highest BCUT2D eigenvalue weighted by atomic mass is 19.3. The number of carbonyl (C=O) groups is 2. The Morgan fingerprint density at radius 3 is 2.22 bits per heavy atom. The number of likely N-dealkylation sites (tertiary alicyclic amines) is 1. The van der Waals surface area contributed by atoms with Crippen molar-refractivity contribution >= 4 is 17.3 Å². The van der Waals surface area contributed by atoms with Crippen LogP contribution in [0.3, 0.4) is 0 Å². The Bertz CT molecular complexity index is 1240. The van der Waals surface area contributed by atoms with Crippen LogP contribution in [0.4, 0.5) is 8.78 Å². The summed E-state index contributed by atoms with van der Waals surface area (Å²) >= 11 is 0. The molecule has 1 spiro atoms. The zero-order valence-electron chi connectivity index (χ0n) is 21.4.